The first-order valence-electron chi connectivity index (χ1n) is 7.30. The van der Waals surface area contributed by atoms with E-state index in [9.17, 15) is 8.42 Å². The molecule has 2 aromatic carbocycles. The number of para-hydroxylation sites is 1. The number of aryl methyl sites for hydroxylation is 2. The molecule has 118 valence electrons. The van der Waals surface area contributed by atoms with Crippen LogP contribution in [0.15, 0.2) is 53.4 Å². The zero-order chi connectivity index (χ0) is 16.0. The topological polar surface area (TPSA) is 55.4 Å². The Morgan fingerprint density at radius 3 is 2.41 bits per heavy atom. The molecule has 0 saturated heterocycles. The Kier molecular flexibility index (Phi) is 5.57. The Morgan fingerprint density at radius 1 is 1.05 bits per heavy atom. The van der Waals surface area contributed by atoms with Crippen LogP contribution >= 0.6 is 0 Å². The Morgan fingerprint density at radius 2 is 1.73 bits per heavy atom. The van der Waals surface area contributed by atoms with Crippen molar-refractivity contribution in [2.24, 2.45) is 0 Å². The molecule has 22 heavy (non-hydrogen) atoms. The van der Waals surface area contributed by atoms with Crippen molar-refractivity contribution in [3.8, 4) is 5.75 Å². The monoisotopic (exact) mass is 319 g/mol. The maximum absolute atomic E-state index is 12.1. The van der Waals surface area contributed by atoms with Crippen molar-refractivity contribution < 1.29 is 13.2 Å². The lowest BCUT2D eigenvalue weighted by Crippen LogP contribution is -2.28. The minimum absolute atomic E-state index is 0.230. The molecule has 0 aliphatic heterocycles. The van der Waals surface area contributed by atoms with Gasteiger partial charge in [0.15, 0.2) is 0 Å². The molecule has 4 nitrogen and oxygen atoms in total. The van der Waals surface area contributed by atoms with Crippen molar-refractivity contribution >= 4 is 10.0 Å². The molecule has 0 aliphatic rings. The Bertz CT molecular complexity index is 709. The largest absolute Gasteiger partial charge is 0.492 e. The van der Waals surface area contributed by atoms with E-state index in [1.807, 2.05) is 31.2 Å². The summed E-state index contributed by atoms with van der Waals surface area (Å²) in [6.45, 7) is 4.50. The summed E-state index contributed by atoms with van der Waals surface area (Å²) < 4.78 is 32.4. The molecule has 0 aliphatic carbocycles. The molecule has 2 rings (SSSR count). The molecular formula is C17H21NO3S. The smallest absolute Gasteiger partial charge is 0.240 e. The van der Waals surface area contributed by atoms with Crippen LogP contribution in [-0.2, 0) is 16.4 Å². The summed E-state index contributed by atoms with van der Waals surface area (Å²) in [4.78, 5) is 0.270. The highest BCUT2D eigenvalue weighted by Crippen LogP contribution is 2.18. The SMILES string of the molecule is CCc1ccccc1OCCNS(=O)(=O)c1ccc(C)cc1. The van der Waals surface area contributed by atoms with Gasteiger partial charge in [0, 0.05) is 6.54 Å². The number of ether oxygens (including phenoxy) is 1. The molecule has 0 saturated carbocycles. The highest BCUT2D eigenvalue weighted by Gasteiger charge is 2.12. The second kappa shape index (κ2) is 7.42. The lowest BCUT2D eigenvalue weighted by Gasteiger charge is -2.11. The van der Waals surface area contributed by atoms with Gasteiger partial charge in [0.2, 0.25) is 10.0 Å². The van der Waals surface area contributed by atoms with Gasteiger partial charge < -0.3 is 4.74 Å². The minimum Gasteiger partial charge on any atom is -0.492 e. The minimum atomic E-state index is -3.48. The van der Waals surface area contributed by atoms with E-state index in [4.69, 9.17) is 4.74 Å². The van der Waals surface area contributed by atoms with Crippen LogP contribution in [0.1, 0.15) is 18.1 Å². The van der Waals surface area contributed by atoms with E-state index in [0.29, 0.717) is 6.61 Å². The van der Waals surface area contributed by atoms with Crippen molar-refractivity contribution in [3.63, 3.8) is 0 Å². The second-order valence-electron chi connectivity index (χ2n) is 5.02. The van der Waals surface area contributed by atoms with E-state index in [1.54, 1.807) is 24.3 Å². The highest BCUT2D eigenvalue weighted by molar-refractivity contribution is 7.89. The van der Waals surface area contributed by atoms with Crippen LogP contribution in [0.2, 0.25) is 0 Å². The van der Waals surface area contributed by atoms with Gasteiger partial charge in [0.1, 0.15) is 12.4 Å². The number of rotatable bonds is 7. The average Bonchev–Trinajstić information content (AvgIpc) is 2.52. The van der Waals surface area contributed by atoms with Crippen molar-refractivity contribution in [1.29, 1.82) is 0 Å². The quantitative estimate of drug-likeness (QED) is 0.798. The summed E-state index contributed by atoms with van der Waals surface area (Å²) in [5.41, 5.74) is 2.14. The van der Waals surface area contributed by atoms with Crippen molar-refractivity contribution in [1.82, 2.24) is 4.72 Å². The summed E-state index contributed by atoms with van der Waals surface area (Å²) in [7, 11) is -3.48. The predicted octanol–water partition coefficient (Wildman–Crippen LogP) is 2.91. The second-order valence-corrected chi connectivity index (χ2v) is 6.79. The third-order valence-electron chi connectivity index (χ3n) is 3.34. The van der Waals surface area contributed by atoms with E-state index in [2.05, 4.69) is 11.6 Å². The molecule has 0 unspecified atom stereocenters. The fourth-order valence-corrected chi connectivity index (χ4v) is 3.09. The third-order valence-corrected chi connectivity index (χ3v) is 4.81. The van der Waals surface area contributed by atoms with Crippen LogP contribution in [0.4, 0.5) is 0 Å². The summed E-state index contributed by atoms with van der Waals surface area (Å²) >= 11 is 0. The molecule has 0 atom stereocenters. The summed E-state index contributed by atoms with van der Waals surface area (Å²) in [6.07, 6.45) is 0.880. The van der Waals surface area contributed by atoms with Crippen LogP contribution in [0.25, 0.3) is 0 Å². The van der Waals surface area contributed by atoms with Crippen LogP contribution < -0.4 is 9.46 Å². The first kappa shape index (κ1) is 16.5. The summed E-state index contributed by atoms with van der Waals surface area (Å²) in [5, 5.41) is 0. The predicted molar refractivity (Wildman–Crippen MR) is 87.7 cm³/mol. The Labute approximate surface area is 132 Å². The van der Waals surface area contributed by atoms with Crippen molar-refractivity contribution in [2.45, 2.75) is 25.2 Å². The zero-order valence-corrected chi connectivity index (χ0v) is 13.7. The van der Waals surface area contributed by atoms with Crippen LogP contribution in [0.3, 0.4) is 0 Å². The van der Waals surface area contributed by atoms with E-state index in [0.717, 1.165) is 23.3 Å². The molecule has 0 aromatic heterocycles. The number of hydrogen-bond acceptors (Lipinski definition) is 3. The van der Waals surface area contributed by atoms with Gasteiger partial charge >= 0.3 is 0 Å². The number of sulfonamides is 1. The first-order chi connectivity index (χ1) is 10.5. The van der Waals surface area contributed by atoms with Gasteiger partial charge in [-0.15, -0.1) is 0 Å². The molecule has 0 fully saturated rings. The third kappa shape index (κ3) is 4.32. The standard InChI is InChI=1S/C17H21NO3S/c1-3-15-6-4-5-7-17(15)21-13-12-18-22(19,20)16-10-8-14(2)9-11-16/h4-11,18H,3,12-13H2,1-2H3. The fourth-order valence-electron chi connectivity index (χ4n) is 2.07. The average molecular weight is 319 g/mol. The molecule has 5 heteroatoms. The Hall–Kier alpha value is -1.85. The van der Waals surface area contributed by atoms with E-state index < -0.39 is 10.0 Å². The molecule has 1 N–H and O–H groups in total. The normalized spacial score (nSPS) is 11.4. The number of nitrogens with one attached hydrogen (secondary N) is 1. The molecular weight excluding hydrogens is 298 g/mol. The van der Waals surface area contributed by atoms with Gasteiger partial charge in [-0.1, -0.05) is 42.8 Å². The molecule has 0 amide bonds. The Balaban J connectivity index is 1.89. The van der Waals surface area contributed by atoms with Gasteiger partial charge in [-0.2, -0.15) is 0 Å². The zero-order valence-electron chi connectivity index (χ0n) is 12.9. The molecule has 2 aromatic rings. The molecule has 0 radical (unpaired) electrons. The van der Waals surface area contributed by atoms with E-state index >= 15 is 0 Å². The van der Waals surface area contributed by atoms with Crippen LogP contribution in [0.5, 0.6) is 5.75 Å². The number of benzene rings is 2. The summed E-state index contributed by atoms with van der Waals surface area (Å²) in [6, 6.07) is 14.5. The van der Waals surface area contributed by atoms with E-state index in [-0.39, 0.29) is 11.4 Å². The molecule has 0 spiro atoms. The summed E-state index contributed by atoms with van der Waals surface area (Å²) in [5.74, 6) is 0.805. The molecule has 0 bridgehead atoms. The van der Waals surface area contributed by atoms with E-state index in [1.165, 1.54) is 0 Å². The maximum atomic E-state index is 12.1. The molecule has 0 heterocycles. The van der Waals surface area contributed by atoms with Crippen LogP contribution in [-0.4, -0.2) is 21.6 Å². The maximum Gasteiger partial charge on any atom is 0.240 e. The first-order valence-corrected chi connectivity index (χ1v) is 8.78. The van der Waals surface area contributed by atoms with Gasteiger partial charge in [-0.25, -0.2) is 13.1 Å². The van der Waals surface area contributed by atoms with Gasteiger partial charge in [-0.3, -0.25) is 0 Å². The van der Waals surface area contributed by atoms with Gasteiger partial charge in [0.05, 0.1) is 4.90 Å². The van der Waals surface area contributed by atoms with Crippen molar-refractivity contribution in [3.05, 3.63) is 59.7 Å². The van der Waals surface area contributed by atoms with Crippen LogP contribution in [0, 0.1) is 6.92 Å². The van der Waals surface area contributed by atoms with Gasteiger partial charge in [0.25, 0.3) is 0 Å². The fraction of sp³-hybridized carbons (Fsp3) is 0.294. The van der Waals surface area contributed by atoms with Gasteiger partial charge in [-0.05, 0) is 37.1 Å². The highest BCUT2D eigenvalue weighted by atomic mass is 32.2. The number of hydrogen-bond donors (Lipinski definition) is 1. The lowest BCUT2D eigenvalue weighted by atomic mass is 10.1. The lowest BCUT2D eigenvalue weighted by molar-refractivity contribution is 0.320. The van der Waals surface area contributed by atoms with Crippen molar-refractivity contribution in [2.75, 3.05) is 13.2 Å².